The van der Waals surface area contributed by atoms with Gasteiger partial charge in [-0.3, -0.25) is 4.90 Å². The summed E-state index contributed by atoms with van der Waals surface area (Å²) in [6.45, 7) is 3.85. The third-order valence-corrected chi connectivity index (χ3v) is 5.26. The van der Waals surface area contributed by atoms with Crippen molar-refractivity contribution < 1.29 is 4.74 Å². The van der Waals surface area contributed by atoms with Gasteiger partial charge >= 0.3 is 0 Å². The molecule has 27 heavy (non-hydrogen) atoms. The highest BCUT2D eigenvalue weighted by Gasteiger charge is 2.19. The summed E-state index contributed by atoms with van der Waals surface area (Å²) >= 11 is 0. The average molecular weight is 362 g/mol. The molecule has 0 N–H and O–H groups in total. The van der Waals surface area contributed by atoms with Gasteiger partial charge in [-0.15, -0.1) is 10.2 Å². The molecular weight excluding hydrogens is 336 g/mol. The average Bonchev–Trinajstić information content (AvgIpc) is 3.00. The molecule has 0 saturated carbocycles. The van der Waals surface area contributed by atoms with Crippen molar-refractivity contribution in [1.82, 2.24) is 19.7 Å². The van der Waals surface area contributed by atoms with Gasteiger partial charge in [0.2, 0.25) is 0 Å². The Labute approximate surface area is 160 Å². The van der Waals surface area contributed by atoms with E-state index in [0.717, 1.165) is 62.8 Å². The van der Waals surface area contributed by atoms with Gasteiger partial charge in [-0.25, -0.2) is 0 Å². The minimum Gasteiger partial charge on any atom is -0.496 e. The minimum absolute atomic E-state index is 0.904. The highest BCUT2D eigenvalue weighted by Crippen LogP contribution is 2.20. The molecule has 140 valence electrons. The van der Waals surface area contributed by atoms with E-state index in [1.54, 1.807) is 7.11 Å². The second kappa shape index (κ2) is 8.35. The van der Waals surface area contributed by atoms with Gasteiger partial charge in [0.25, 0.3) is 0 Å². The van der Waals surface area contributed by atoms with Gasteiger partial charge in [0.1, 0.15) is 17.4 Å². The normalized spacial score (nSPS) is 14.6. The largest absolute Gasteiger partial charge is 0.496 e. The predicted molar refractivity (Wildman–Crippen MR) is 106 cm³/mol. The summed E-state index contributed by atoms with van der Waals surface area (Å²) in [4.78, 5) is 2.48. The lowest BCUT2D eigenvalue weighted by atomic mass is 10.1. The lowest BCUT2D eigenvalue weighted by Crippen LogP contribution is -2.27. The number of para-hydroxylation sites is 1. The second-order valence-corrected chi connectivity index (χ2v) is 7.01. The predicted octanol–water partition coefficient (Wildman–Crippen LogP) is 3.13. The first-order valence-corrected chi connectivity index (χ1v) is 9.62. The molecule has 1 aromatic heterocycles. The van der Waals surface area contributed by atoms with Crippen LogP contribution >= 0.6 is 0 Å². The standard InChI is InChI=1S/C22H26N4O/c1-27-20-10-6-5-9-19(20)17-25-14-13-22-24-23-21(26(22)16-15-25)12-11-18-7-3-2-4-8-18/h2-10H,11-17H2,1H3. The Balaban J connectivity index is 1.40. The quantitative estimate of drug-likeness (QED) is 0.676. The lowest BCUT2D eigenvalue weighted by molar-refractivity contribution is 0.265. The van der Waals surface area contributed by atoms with E-state index in [9.17, 15) is 0 Å². The van der Waals surface area contributed by atoms with E-state index in [1.165, 1.54) is 11.1 Å². The van der Waals surface area contributed by atoms with Crippen molar-refractivity contribution in [2.24, 2.45) is 0 Å². The van der Waals surface area contributed by atoms with Gasteiger partial charge in [0, 0.05) is 44.6 Å². The molecule has 0 aliphatic carbocycles. The van der Waals surface area contributed by atoms with Crippen molar-refractivity contribution in [2.75, 3.05) is 20.2 Å². The van der Waals surface area contributed by atoms with Gasteiger partial charge in [-0.05, 0) is 18.1 Å². The number of aryl methyl sites for hydroxylation is 2. The molecule has 5 nitrogen and oxygen atoms in total. The van der Waals surface area contributed by atoms with E-state index in [1.807, 2.05) is 12.1 Å². The number of hydrogen-bond acceptors (Lipinski definition) is 4. The smallest absolute Gasteiger partial charge is 0.134 e. The first kappa shape index (κ1) is 17.7. The molecular formula is C22H26N4O. The van der Waals surface area contributed by atoms with Crippen LogP contribution in [0.25, 0.3) is 0 Å². The van der Waals surface area contributed by atoms with Crippen LogP contribution in [0.3, 0.4) is 0 Å². The summed E-state index contributed by atoms with van der Waals surface area (Å²) in [5, 5.41) is 8.93. The van der Waals surface area contributed by atoms with Crippen LogP contribution < -0.4 is 4.74 Å². The van der Waals surface area contributed by atoms with Crippen LogP contribution in [-0.4, -0.2) is 39.9 Å². The zero-order valence-corrected chi connectivity index (χ0v) is 15.8. The van der Waals surface area contributed by atoms with Crippen molar-refractivity contribution in [3.05, 3.63) is 77.4 Å². The van der Waals surface area contributed by atoms with Gasteiger partial charge in [-0.2, -0.15) is 0 Å². The van der Waals surface area contributed by atoms with Gasteiger partial charge < -0.3 is 9.30 Å². The molecule has 2 aromatic carbocycles. The van der Waals surface area contributed by atoms with Crippen LogP contribution in [0.4, 0.5) is 0 Å². The number of benzene rings is 2. The maximum atomic E-state index is 5.50. The Morgan fingerprint density at radius 2 is 1.70 bits per heavy atom. The van der Waals surface area contributed by atoms with Crippen LogP contribution in [0.1, 0.15) is 22.8 Å². The summed E-state index contributed by atoms with van der Waals surface area (Å²) in [7, 11) is 1.74. The number of hydrogen-bond donors (Lipinski definition) is 0. The molecule has 3 aromatic rings. The van der Waals surface area contributed by atoms with Crippen LogP contribution in [0.15, 0.2) is 54.6 Å². The summed E-state index contributed by atoms with van der Waals surface area (Å²) in [5.74, 6) is 3.18. The summed E-state index contributed by atoms with van der Waals surface area (Å²) in [6.07, 6.45) is 2.88. The first-order valence-electron chi connectivity index (χ1n) is 9.62. The van der Waals surface area contributed by atoms with Gasteiger partial charge in [0.15, 0.2) is 0 Å². The maximum absolute atomic E-state index is 5.50. The topological polar surface area (TPSA) is 43.2 Å². The SMILES string of the molecule is COc1ccccc1CN1CCc2nnc(CCc3ccccc3)n2CC1. The molecule has 1 aliphatic rings. The van der Waals surface area contributed by atoms with E-state index in [2.05, 4.69) is 62.1 Å². The Bertz CT molecular complexity index is 875. The van der Waals surface area contributed by atoms with E-state index in [0.29, 0.717) is 0 Å². The zero-order valence-electron chi connectivity index (χ0n) is 15.8. The van der Waals surface area contributed by atoms with Crippen molar-refractivity contribution in [3.63, 3.8) is 0 Å². The minimum atomic E-state index is 0.904. The number of methoxy groups -OCH3 is 1. The Kier molecular flexibility index (Phi) is 5.49. The van der Waals surface area contributed by atoms with Crippen molar-refractivity contribution in [2.45, 2.75) is 32.4 Å². The Morgan fingerprint density at radius 1 is 0.889 bits per heavy atom. The van der Waals surface area contributed by atoms with E-state index < -0.39 is 0 Å². The van der Waals surface area contributed by atoms with Crippen molar-refractivity contribution >= 4 is 0 Å². The fraction of sp³-hybridized carbons (Fsp3) is 0.364. The van der Waals surface area contributed by atoms with Gasteiger partial charge in [-0.1, -0.05) is 48.5 Å². The Morgan fingerprint density at radius 3 is 2.56 bits per heavy atom. The fourth-order valence-corrected chi connectivity index (χ4v) is 3.75. The highest BCUT2D eigenvalue weighted by atomic mass is 16.5. The molecule has 0 atom stereocenters. The molecule has 4 rings (SSSR count). The zero-order chi connectivity index (χ0) is 18.5. The number of nitrogens with zero attached hydrogens (tertiary/aromatic N) is 4. The van der Waals surface area contributed by atoms with Crippen LogP contribution in [-0.2, 0) is 32.4 Å². The summed E-state index contributed by atoms with van der Waals surface area (Å²) in [6, 6.07) is 18.9. The number of fused-ring (bicyclic) bond motifs is 1. The number of ether oxygens (including phenoxy) is 1. The van der Waals surface area contributed by atoms with Crippen LogP contribution in [0.2, 0.25) is 0 Å². The van der Waals surface area contributed by atoms with E-state index in [-0.39, 0.29) is 0 Å². The van der Waals surface area contributed by atoms with Gasteiger partial charge in [0.05, 0.1) is 7.11 Å². The molecule has 0 amide bonds. The molecule has 0 bridgehead atoms. The molecule has 0 radical (unpaired) electrons. The molecule has 0 unspecified atom stereocenters. The Hall–Kier alpha value is -2.66. The number of aromatic nitrogens is 3. The third-order valence-electron chi connectivity index (χ3n) is 5.26. The molecule has 1 aliphatic heterocycles. The maximum Gasteiger partial charge on any atom is 0.134 e. The summed E-state index contributed by atoms with van der Waals surface area (Å²) < 4.78 is 7.83. The lowest BCUT2D eigenvalue weighted by Gasteiger charge is -2.21. The monoisotopic (exact) mass is 362 g/mol. The first-order chi connectivity index (χ1) is 13.3. The third kappa shape index (κ3) is 4.19. The fourth-order valence-electron chi connectivity index (χ4n) is 3.75. The van der Waals surface area contributed by atoms with E-state index >= 15 is 0 Å². The van der Waals surface area contributed by atoms with E-state index in [4.69, 9.17) is 4.74 Å². The van der Waals surface area contributed by atoms with Crippen molar-refractivity contribution in [3.8, 4) is 5.75 Å². The molecule has 0 spiro atoms. The number of rotatable bonds is 6. The molecule has 5 heteroatoms. The second-order valence-electron chi connectivity index (χ2n) is 7.01. The summed E-state index contributed by atoms with van der Waals surface area (Å²) in [5.41, 5.74) is 2.59. The van der Waals surface area contributed by atoms with Crippen LogP contribution in [0, 0.1) is 0 Å². The molecule has 0 fully saturated rings. The van der Waals surface area contributed by atoms with Crippen LogP contribution in [0.5, 0.6) is 5.75 Å². The highest BCUT2D eigenvalue weighted by molar-refractivity contribution is 5.33. The molecule has 2 heterocycles. The van der Waals surface area contributed by atoms with Crippen molar-refractivity contribution in [1.29, 1.82) is 0 Å². The molecule has 0 saturated heterocycles.